The van der Waals surface area contributed by atoms with Crippen LogP contribution in [0, 0.1) is 5.82 Å². The Morgan fingerprint density at radius 2 is 2.10 bits per heavy atom. The number of benzene rings is 1. The number of hydrogen-bond acceptors (Lipinski definition) is 4. The number of carbonyl (C=O) groups is 1. The number of nitrogens with zero attached hydrogens (tertiary/aromatic N) is 3. The maximum atomic E-state index is 13.3. The molecule has 7 heteroatoms. The van der Waals surface area contributed by atoms with Crippen molar-refractivity contribution in [1.82, 2.24) is 20.0 Å². The summed E-state index contributed by atoms with van der Waals surface area (Å²) in [5, 5.41) is 7.43. The van der Waals surface area contributed by atoms with E-state index in [4.69, 9.17) is 4.74 Å². The molecule has 2 aliphatic heterocycles. The molecule has 0 radical (unpaired) electrons. The van der Waals surface area contributed by atoms with Gasteiger partial charge >= 0.3 is 0 Å². The molecule has 2 fully saturated rings. The lowest BCUT2D eigenvalue weighted by Crippen LogP contribution is -2.54. The van der Waals surface area contributed by atoms with Gasteiger partial charge in [0.2, 0.25) is 0 Å². The second-order valence-corrected chi connectivity index (χ2v) is 8.30. The van der Waals surface area contributed by atoms with E-state index >= 15 is 0 Å². The number of amides is 1. The summed E-state index contributed by atoms with van der Waals surface area (Å²) in [5.41, 5.74) is 2.10. The third-order valence-corrected chi connectivity index (χ3v) is 5.87. The molecular weight excluding hydrogens is 371 g/mol. The van der Waals surface area contributed by atoms with Gasteiger partial charge in [0.05, 0.1) is 35.9 Å². The van der Waals surface area contributed by atoms with Gasteiger partial charge in [0.15, 0.2) is 0 Å². The van der Waals surface area contributed by atoms with Gasteiger partial charge in [0.25, 0.3) is 5.91 Å². The summed E-state index contributed by atoms with van der Waals surface area (Å²) in [4.78, 5) is 15.4. The summed E-state index contributed by atoms with van der Waals surface area (Å²) < 4.78 is 21.0. The number of morpholine rings is 1. The molecule has 0 saturated carbocycles. The fourth-order valence-electron chi connectivity index (χ4n) is 4.35. The number of carbonyl (C=O) groups excluding carboxylic acids is 1. The lowest BCUT2D eigenvalue weighted by atomic mass is 10.0. The summed E-state index contributed by atoms with van der Waals surface area (Å²) >= 11 is 0. The van der Waals surface area contributed by atoms with Crippen molar-refractivity contribution in [2.45, 2.75) is 51.2 Å². The average Bonchev–Trinajstić information content (AvgIpc) is 3.18. The Labute approximate surface area is 171 Å². The molecular formula is C22H29FN4O2. The zero-order chi connectivity index (χ0) is 20.4. The van der Waals surface area contributed by atoms with E-state index in [9.17, 15) is 9.18 Å². The van der Waals surface area contributed by atoms with Crippen LogP contribution in [0.3, 0.4) is 0 Å². The van der Waals surface area contributed by atoms with Crippen LogP contribution in [-0.4, -0.2) is 59.0 Å². The number of aromatic nitrogens is 2. The molecule has 2 saturated heterocycles. The Kier molecular flexibility index (Phi) is 5.96. The first-order chi connectivity index (χ1) is 14.0. The van der Waals surface area contributed by atoms with Crippen LogP contribution in [0.25, 0.3) is 5.69 Å². The van der Waals surface area contributed by atoms with Gasteiger partial charge in [-0.15, -0.1) is 0 Å². The standard InChI is InChI=1S/C22H29FN4O2/c1-15(2)21-20(12-25-27(21)17-8-6-16(23)7-9-17)22(28)24-11-19-13-26-10-4-3-5-18(26)14-29-19/h6-9,12,15,18-19H,3-5,10-11,13-14H2,1-2H3,(H,24,28)/t18-,19+/m1/s1. The number of piperidine rings is 1. The second kappa shape index (κ2) is 8.63. The lowest BCUT2D eigenvalue weighted by molar-refractivity contribution is -0.0725. The van der Waals surface area contributed by atoms with Crippen LogP contribution in [-0.2, 0) is 4.74 Å². The molecule has 156 valence electrons. The summed E-state index contributed by atoms with van der Waals surface area (Å²) in [6, 6.07) is 6.67. The van der Waals surface area contributed by atoms with Gasteiger partial charge in [-0.25, -0.2) is 9.07 Å². The zero-order valence-corrected chi connectivity index (χ0v) is 17.1. The summed E-state index contributed by atoms with van der Waals surface area (Å²) in [5.74, 6) is -0.358. The minimum Gasteiger partial charge on any atom is -0.373 e. The molecule has 0 bridgehead atoms. The van der Waals surface area contributed by atoms with Crippen LogP contribution in [0.2, 0.25) is 0 Å². The highest BCUT2D eigenvalue weighted by Gasteiger charge is 2.31. The van der Waals surface area contributed by atoms with Gasteiger partial charge in [0, 0.05) is 19.1 Å². The molecule has 6 nitrogen and oxygen atoms in total. The van der Waals surface area contributed by atoms with E-state index in [2.05, 4.69) is 15.3 Å². The topological polar surface area (TPSA) is 59.4 Å². The highest BCUT2D eigenvalue weighted by Crippen LogP contribution is 2.24. The normalized spacial score (nSPS) is 22.5. The summed E-state index contributed by atoms with van der Waals surface area (Å²) in [7, 11) is 0. The predicted octanol–water partition coefficient (Wildman–Crippen LogP) is 3.12. The van der Waals surface area contributed by atoms with Crippen LogP contribution < -0.4 is 5.32 Å². The van der Waals surface area contributed by atoms with Gasteiger partial charge in [0.1, 0.15) is 5.82 Å². The Balaban J connectivity index is 1.44. The molecule has 2 aromatic rings. The number of rotatable bonds is 5. The van der Waals surface area contributed by atoms with E-state index in [0.29, 0.717) is 18.2 Å². The van der Waals surface area contributed by atoms with Crippen molar-refractivity contribution in [2.24, 2.45) is 0 Å². The fourth-order valence-corrected chi connectivity index (χ4v) is 4.35. The van der Waals surface area contributed by atoms with Crippen LogP contribution in [0.15, 0.2) is 30.5 Å². The molecule has 1 aromatic carbocycles. The second-order valence-electron chi connectivity index (χ2n) is 8.30. The smallest absolute Gasteiger partial charge is 0.254 e. The Bertz CT molecular complexity index is 849. The molecule has 0 aliphatic carbocycles. The zero-order valence-electron chi connectivity index (χ0n) is 17.1. The van der Waals surface area contributed by atoms with Crippen molar-refractivity contribution in [1.29, 1.82) is 0 Å². The van der Waals surface area contributed by atoms with Crippen molar-refractivity contribution >= 4 is 5.91 Å². The van der Waals surface area contributed by atoms with Crippen molar-refractivity contribution in [3.63, 3.8) is 0 Å². The van der Waals surface area contributed by atoms with Gasteiger partial charge in [-0.1, -0.05) is 20.3 Å². The third-order valence-electron chi connectivity index (χ3n) is 5.87. The van der Waals surface area contributed by atoms with E-state index in [-0.39, 0.29) is 23.7 Å². The monoisotopic (exact) mass is 400 g/mol. The van der Waals surface area contributed by atoms with Crippen LogP contribution in [0.5, 0.6) is 0 Å². The first kappa shape index (κ1) is 20.0. The number of nitrogens with one attached hydrogen (secondary N) is 1. The summed E-state index contributed by atoms with van der Waals surface area (Å²) in [6.07, 6.45) is 5.34. The molecule has 0 spiro atoms. The molecule has 2 atom stereocenters. The first-order valence-electron chi connectivity index (χ1n) is 10.5. The molecule has 29 heavy (non-hydrogen) atoms. The maximum absolute atomic E-state index is 13.3. The molecule has 1 aromatic heterocycles. The SMILES string of the molecule is CC(C)c1c(C(=O)NC[C@H]2CN3CCCC[C@@H]3CO2)cnn1-c1ccc(F)cc1. The average molecular weight is 400 g/mol. The first-order valence-corrected chi connectivity index (χ1v) is 10.5. The van der Waals surface area contributed by atoms with E-state index in [0.717, 1.165) is 31.1 Å². The van der Waals surface area contributed by atoms with Crippen molar-refractivity contribution < 1.29 is 13.9 Å². The third kappa shape index (κ3) is 4.36. The number of fused-ring (bicyclic) bond motifs is 1. The van der Waals surface area contributed by atoms with Crippen LogP contribution in [0.4, 0.5) is 4.39 Å². The van der Waals surface area contributed by atoms with Crippen LogP contribution >= 0.6 is 0 Å². The Morgan fingerprint density at radius 3 is 2.86 bits per heavy atom. The molecule has 1 N–H and O–H groups in total. The number of hydrogen-bond donors (Lipinski definition) is 1. The summed E-state index contributed by atoms with van der Waals surface area (Å²) in [6.45, 7) is 7.28. The largest absolute Gasteiger partial charge is 0.373 e. The highest BCUT2D eigenvalue weighted by atomic mass is 19.1. The van der Waals surface area contributed by atoms with E-state index in [1.807, 2.05) is 13.8 Å². The van der Waals surface area contributed by atoms with E-state index in [1.165, 1.54) is 31.4 Å². The minimum absolute atomic E-state index is 0.0166. The predicted molar refractivity (Wildman–Crippen MR) is 109 cm³/mol. The van der Waals surface area contributed by atoms with Crippen LogP contribution in [0.1, 0.15) is 55.1 Å². The highest BCUT2D eigenvalue weighted by molar-refractivity contribution is 5.95. The van der Waals surface area contributed by atoms with Crippen molar-refractivity contribution in [2.75, 3.05) is 26.2 Å². The van der Waals surface area contributed by atoms with E-state index in [1.54, 1.807) is 23.0 Å². The van der Waals surface area contributed by atoms with Crippen molar-refractivity contribution in [3.05, 3.63) is 47.5 Å². The molecule has 4 rings (SSSR count). The van der Waals surface area contributed by atoms with Gasteiger partial charge < -0.3 is 10.1 Å². The molecule has 0 unspecified atom stereocenters. The minimum atomic E-state index is -0.298. The van der Waals surface area contributed by atoms with E-state index < -0.39 is 0 Å². The van der Waals surface area contributed by atoms with Crippen molar-refractivity contribution in [3.8, 4) is 5.69 Å². The maximum Gasteiger partial charge on any atom is 0.254 e. The Hall–Kier alpha value is -2.25. The quantitative estimate of drug-likeness (QED) is 0.838. The molecule has 2 aliphatic rings. The number of ether oxygens (including phenoxy) is 1. The molecule has 3 heterocycles. The van der Waals surface area contributed by atoms with Gasteiger partial charge in [-0.2, -0.15) is 5.10 Å². The van der Waals surface area contributed by atoms with Gasteiger partial charge in [-0.3, -0.25) is 9.69 Å². The number of halogens is 1. The fraction of sp³-hybridized carbons (Fsp3) is 0.545. The Morgan fingerprint density at radius 1 is 1.31 bits per heavy atom. The molecule has 1 amide bonds. The lowest BCUT2D eigenvalue weighted by Gasteiger charge is -2.42. The van der Waals surface area contributed by atoms with Gasteiger partial charge in [-0.05, 0) is 49.6 Å².